The van der Waals surface area contributed by atoms with Gasteiger partial charge in [-0.2, -0.15) is 0 Å². The first-order valence-electron chi connectivity index (χ1n) is 11.7. The van der Waals surface area contributed by atoms with E-state index in [0.29, 0.717) is 18.2 Å². The van der Waals surface area contributed by atoms with Crippen molar-refractivity contribution in [1.29, 1.82) is 0 Å². The second-order valence-electron chi connectivity index (χ2n) is 9.95. The summed E-state index contributed by atoms with van der Waals surface area (Å²) >= 11 is 0. The molecule has 0 spiro atoms. The lowest BCUT2D eigenvalue weighted by Gasteiger charge is -2.33. The monoisotopic (exact) mass is 502 g/mol. The molecule has 34 heavy (non-hydrogen) atoms. The van der Waals surface area contributed by atoms with Crippen LogP contribution >= 0.6 is 0 Å². The molecule has 2 saturated carbocycles. The van der Waals surface area contributed by atoms with Crippen molar-refractivity contribution in [3.05, 3.63) is 24.0 Å². The third-order valence-corrected chi connectivity index (χ3v) is 8.12. The Balaban J connectivity index is 1.41. The van der Waals surface area contributed by atoms with Crippen LogP contribution in [0, 0.1) is 11.7 Å². The fraction of sp³-hybridized carbons (Fsp3) is 0.773. The molecular formula is C22H32F2N4O5S. The van der Waals surface area contributed by atoms with Crippen molar-refractivity contribution in [2.24, 2.45) is 5.92 Å². The summed E-state index contributed by atoms with van der Waals surface area (Å²) in [5.41, 5.74) is -0.123. The lowest BCUT2D eigenvalue weighted by molar-refractivity contribution is -0.0147. The van der Waals surface area contributed by atoms with Crippen LogP contribution in [-0.4, -0.2) is 72.3 Å². The molecular weight excluding hydrogens is 470 g/mol. The van der Waals surface area contributed by atoms with Crippen molar-refractivity contribution in [3.63, 3.8) is 0 Å². The maximum absolute atomic E-state index is 13.2. The van der Waals surface area contributed by atoms with E-state index in [0.717, 1.165) is 25.7 Å². The first kappa shape index (κ1) is 25.2. The molecule has 1 aliphatic heterocycles. The Bertz CT molecular complexity index is 996. The second kappa shape index (κ2) is 9.62. The van der Waals surface area contributed by atoms with Crippen molar-refractivity contribution in [1.82, 2.24) is 19.6 Å². The number of hydrogen-bond acceptors (Lipinski definition) is 7. The summed E-state index contributed by atoms with van der Waals surface area (Å²) in [5.74, 6) is 0.547. The third-order valence-electron chi connectivity index (χ3n) is 7.17. The van der Waals surface area contributed by atoms with E-state index in [1.807, 2.05) is 0 Å². The van der Waals surface area contributed by atoms with E-state index in [1.165, 1.54) is 17.3 Å². The van der Waals surface area contributed by atoms with Crippen LogP contribution in [0.4, 0.5) is 13.6 Å². The normalized spacial score (nSPS) is 33.1. The summed E-state index contributed by atoms with van der Waals surface area (Å²) in [6.07, 6.45) is 5.03. The van der Waals surface area contributed by atoms with Crippen LogP contribution in [-0.2, 0) is 24.9 Å². The number of nitrogens with one attached hydrogen (secondary N) is 1. The van der Waals surface area contributed by atoms with E-state index in [-0.39, 0.29) is 30.3 Å². The van der Waals surface area contributed by atoms with Crippen LogP contribution in [0.15, 0.2) is 12.4 Å². The second-order valence-corrected chi connectivity index (χ2v) is 11.6. The Kier molecular flexibility index (Phi) is 7.12. The number of hydrogen-bond donors (Lipinski definition) is 1. The molecule has 2 aliphatic carbocycles. The van der Waals surface area contributed by atoms with Gasteiger partial charge >= 0.3 is 6.09 Å². The largest absolute Gasteiger partial charge is 0.447 e. The van der Waals surface area contributed by atoms with E-state index in [2.05, 4.69) is 14.7 Å². The van der Waals surface area contributed by atoms with Gasteiger partial charge in [-0.3, -0.25) is 4.90 Å². The van der Waals surface area contributed by atoms with E-state index in [9.17, 15) is 22.0 Å². The molecule has 3 unspecified atom stereocenters. The molecule has 4 rings (SSSR count). The molecule has 2 heterocycles. The van der Waals surface area contributed by atoms with Gasteiger partial charge in [0.25, 0.3) is 0 Å². The smallest absolute Gasteiger partial charge is 0.410 e. The number of fused-ring (bicyclic) bond motifs is 1. The summed E-state index contributed by atoms with van der Waals surface area (Å²) < 4.78 is 63.9. The van der Waals surface area contributed by atoms with E-state index in [4.69, 9.17) is 9.47 Å². The highest BCUT2D eigenvalue weighted by Gasteiger charge is 2.60. The lowest BCUT2D eigenvalue weighted by atomic mass is 9.86. The van der Waals surface area contributed by atoms with Gasteiger partial charge in [0.15, 0.2) is 5.82 Å². The minimum absolute atomic E-state index is 0.0709. The van der Waals surface area contributed by atoms with Gasteiger partial charge in [-0.1, -0.05) is 0 Å². The number of aromatic nitrogens is 2. The fourth-order valence-corrected chi connectivity index (χ4v) is 6.29. The van der Waals surface area contributed by atoms with Crippen LogP contribution in [0.25, 0.3) is 0 Å². The number of likely N-dealkylation sites (tertiary alicyclic amines) is 1. The minimum atomic E-state index is -4.11. The molecule has 6 atom stereocenters. The van der Waals surface area contributed by atoms with E-state index < -0.39 is 40.0 Å². The molecule has 1 N–H and O–H groups in total. The Morgan fingerprint density at radius 2 is 2.03 bits per heavy atom. The number of carbonyl (C=O) groups is 1. The predicted molar refractivity (Wildman–Crippen MR) is 119 cm³/mol. The first-order chi connectivity index (χ1) is 16.0. The molecule has 3 aliphatic rings. The highest BCUT2D eigenvalue weighted by Crippen LogP contribution is 2.61. The van der Waals surface area contributed by atoms with Gasteiger partial charge in [-0.05, 0) is 58.8 Å². The zero-order valence-corrected chi connectivity index (χ0v) is 20.4. The number of halogens is 2. The SMILES string of the molecule is CC(C)OC(=O)N1[C@H](C)C[C@H](NS(=O)(=O)CF)[C@@H]1COC1CCC2(c3ncc(F)cn3)CC2C1. The van der Waals surface area contributed by atoms with E-state index >= 15 is 0 Å². The van der Waals surface area contributed by atoms with Crippen LogP contribution in [0.5, 0.6) is 0 Å². The molecule has 1 amide bonds. The van der Waals surface area contributed by atoms with E-state index in [1.54, 1.807) is 20.8 Å². The van der Waals surface area contributed by atoms with Crippen LogP contribution in [0.2, 0.25) is 0 Å². The summed E-state index contributed by atoms with van der Waals surface area (Å²) in [6.45, 7) is 5.39. The Labute approximate surface area is 198 Å². The molecule has 1 aromatic heterocycles. The highest BCUT2D eigenvalue weighted by atomic mass is 32.2. The number of rotatable bonds is 8. The molecule has 190 valence electrons. The molecule has 12 heteroatoms. The summed E-state index contributed by atoms with van der Waals surface area (Å²) in [4.78, 5) is 22.6. The number of nitrogens with zero attached hydrogens (tertiary/aromatic N) is 3. The zero-order valence-electron chi connectivity index (χ0n) is 19.6. The van der Waals surface area contributed by atoms with Gasteiger partial charge in [0.05, 0.1) is 37.3 Å². The fourth-order valence-electron chi connectivity index (χ4n) is 5.51. The van der Waals surface area contributed by atoms with Crippen molar-refractivity contribution >= 4 is 16.1 Å². The van der Waals surface area contributed by atoms with Crippen LogP contribution < -0.4 is 4.72 Å². The Morgan fingerprint density at radius 3 is 2.65 bits per heavy atom. The Hall–Kier alpha value is -1.92. The molecule has 1 aromatic rings. The van der Waals surface area contributed by atoms with Gasteiger partial charge in [0, 0.05) is 17.5 Å². The van der Waals surface area contributed by atoms with Gasteiger partial charge in [-0.25, -0.2) is 36.7 Å². The average molecular weight is 503 g/mol. The van der Waals surface area contributed by atoms with Crippen LogP contribution in [0.1, 0.15) is 58.7 Å². The molecule has 1 saturated heterocycles. The number of carbonyl (C=O) groups excluding carboxylic acids is 1. The highest BCUT2D eigenvalue weighted by molar-refractivity contribution is 7.89. The standard InChI is InChI=1S/C22H32F2N4O5S/c1-13(2)33-21(29)28-14(3)6-18(27-34(30,31)12-23)19(28)11-32-17-4-5-22(8-15(22)7-17)20-25-9-16(24)10-26-20/h9-10,13-15,17-19,27H,4-8,11-12H2,1-3H3/t14-,15?,17?,18+,19+,22?/m1/s1. The lowest BCUT2D eigenvalue weighted by Crippen LogP contribution is -2.51. The van der Waals surface area contributed by atoms with Crippen molar-refractivity contribution in [3.8, 4) is 0 Å². The minimum Gasteiger partial charge on any atom is -0.447 e. The third kappa shape index (κ3) is 5.18. The van der Waals surface area contributed by atoms with Gasteiger partial charge in [0.1, 0.15) is 5.82 Å². The van der Waals surface area contributed by atoms with Crippen molar-refractivity contribution < 1.29 is 31.5 Å². The van der Waals surface area contributed by atoms with Gasteiger partial charge in [0.2, 0.25) is 16.0 Å². The summed E-state index contributed by atoms with van der Waals surface area (Å²) in [5, 5.41) is 0. The number of alkyl halides is 1. The zero-order chi connectivity index (χ0) is 24.7. The van der Waals surface area contributed by atoms with Crippen molar-refractivity contribution in [2.75, 3.05) is 12.6 Å². The number of ether oxygens (including phenoxy) is 2. The maximum Gasteiger partial charge on any atom is 0.410 e. The van der Waals surface area contributed by atoms with Crippen LogP contribution in [0.3, 0.4) is 0 Å². The van der Waals surface area contributed by atoms with Gasteiger partial charge < -0.3 is 9.47 Å². The molecule has 0 bridgehead atoms. The molecule has 0 aromatic carbocycles. The molecule has 3 fully saturated rings. The topological polar surface area (TPSA) is 111 Å². The summed E-state index contributed by atoms with van der Waals surface area (Å²) in [6, 6.07) is -3.12. The Morgan fingerprint density at radius 1 is 1.32 bits per heavy atom. The maximum atomic E-state index is 13.2. The average Bonchev–Trinajstić information content (AvgIpc) is 3.42. The quantitative estimate of drug-likeness (QED) is 0.582. The molecule has 0 radical (unpaired) electrons. The first-order valence-corrected chi connectivity index (χ1v) is 13.3. The summed E-state index contributed by atoms with van der Waals surface area (Å²) in [7, 11) is -4.11. The number of sulfonamides is 1. The molecule has 9 nitrogen and oxygen atoms in total. The van der Waals surface area contributed by atoms with Gasteiger partial charge in [-0.15, -0.1) is 0 Å². The number of amides is 1. The predicted octanol–water partition coefficient (Wildman–Crippen LogP) is 2.67. The van der Waals surface area contributed by atoms with Crippen molar-refractivity contribution in [2.45, 2.75) is 88.6 Å².